The number of anilines is 2. The molecule has 2 N–H and O–H groups in total. The van der Waals surface area contributed by atoms with Crippen LogP contribution in [0, 0.1) is 6.92 Å². The average molecular weight is 261 g/mol. The molecule has 1 heterocycles. The Kier molecular flexibility index (Phi) is 3.69. The number of carbonyl (C=O) groups is 1. The maximum atomic E-state index is 12.2. The summed E-state index contributed by atoms with van der Waals surface area (Å²) in [7, 11) is 1.85. The summed E-state index contributed by atoms with van der Waals surface area (Å²) < 4.78 is 0. The molecule has 4 heteroatoms. The van der Waals surface area contributed by atoms with Crippen molar-refractivity contribution in [3.63, 3.8) is 0 Å². The molecular formula is C15H23N3O. The number of hydrogen-bond donors (Lipinski definition) is 1. The minimum Gasteiger partial charge on any atom is -0.398 e. The maximum Gasteiger partial charge on any atom is 0.242 e. The van der Waals surface area contributed by atoms with Gasteiger partial charge >= 0.3 is 0 Å². The highest BCUT2D eigenvalue weighted by molar-refractivity contribution is 5.83. The van der Waals surface area contributed by atoms with Crippen molar-refractivity contribution >= 4 is 17.3 Å². The molecule has 104 valence electrons. The van der Waals surface area contributed by atoms with Crippen LogP contribution in [0.2, 0.25) is 0 Å². The van der Waals surface area contributed by atoms with E-state index in [1.165, 1.54) is 5.56 Å². The molecule has 1 aromatic carbocycles. The van der Waals surface area contributed by atoms with Crippen molar-refractivity contribution < 1.29 is 4.79 Å². The van der Waals surface area contributed by atoms with Crippen LogP contribution in [-0.4, -0.2) is 37.0 Å². The minimum atomic E-state index is 0.155. The Morgan fingerprint density at radius 2 is 2.16 bits per heavy atom. The number of fused-ring (bicyclic) bond motifs is 1. The summed E-state index contributed by atoms with van der Waals surface area (Å²) in [6.07, 6.45) is 0.995. The zero-order valence-electron chi connectivity index (χ0n) is 12.2. The number of rotatable bonds is 3. The van der Waals surface area contributed by atoms with Crippen molar-refractivity contribution in [1.29, 1.82) is 0 Å². The third-order valence-electron chi connectivity index (χ3n) is 3.95. The minimum absolute atomic E-state index is 0.155. The van der Waals surface area contributed by atoms with Crippen molar-refractivity contribution in [2.24, 2.45) is 0 Å². The van der Waals surface area contributed by atoms with Gasteiger partial charge in [-0.3, -0.25) is 4.79 Å². The third-order valence-corrected chi connectivity index (χ3v) is 3.95. The molecular weight excluding hydrogens is 238 g/mol. The van der Waals surface area contributed by atoms with Gasteiger partial charge in [0, 0.05) is 31.0 Å². The molecule has 0 aromatic heterocycles. The maximum absolute atomic E-state index is 12.2. The van der Waals surface area contributed by atoms with E-state index in [0.717, 1.165) is 29.9 Å². The van der Waals surface area contributed by atoms with E-state index in [0.29, 0.717) is 6.54 Å². The standard InChI is InChI=1S/C15H23N3O/c1-10(2)17(4)15(19)9-18-6-5-12-7-11(3)13(16)8-14(12)18/h7-8,10H,5-6,9,16H2,1-4H3. The number of nitrogens with zero attached hydrogens (tertiary/aromatic N) is 2. The highest BCUT2D eigenvalue weighted by Crippen LogP contribution is 2.31. The fourth-order valence-corrected chi connectivity index (χ4v) is 2.37. The zero-order valence-corrected chi connectivity index (χ0v) is 12.2. The molecule has 0 bridgehead atoms. The van der Waals surface area contributed by atoms with Crippen LogP contribution < -0.4 is 10.6 Å². The molecule has 1 aromatic rings. The van der Waals surface area contributed by atoms with Crippen molar-refractivity contribution in [3.8, 4) is 0 Å². The Bertz CT molecular complexity index is 496. The van der Waals surface area contributed by atoms with Crippen LogP contribution in [-0.2, 0) is 11.2 Å². The lowest BCUT2D eigenvalue weighted by atomic mass is 10.1. The van der Waals surface area contributed by atoms with Gasteiger partial charge in [0.2, 0.25) is 5.91 Å². The van der Waals surface area contributed by atoms with Crippen LogP contribution in [0.4, 0.5) is 11.4 Å². The Balaban J connectivity index is 2.15. The largest absolute Gasteiger partial charge is 0.398 e. The molecule has 0 saturated heterocycles. The molecule has 1 aliphatic heterocycles. The van der Waals surface area contributed by atoms with E-state index < -0.39 is 0 Å². The second-order valence-corrected chi connectivity index (χ2v) is 5.61. The molecule has 0 aliphatic carbocycles. The lowest BCUT2D eigenvalue weighted by Gasteiger charge is -2.26. The fraction of sp³-hybridized carbons (Fsp3) is 0.533. The van der Waals surface area contributed by atoms with Crippen molar-refractivity contribution in [3.05, 3.63) is 23.3 Å². The summed E-state index contributed by atoms with van der Waals surface area (Å²) in [5.41, 5.74) is 10.3. The molecule has 1 aliphatic rings. The number of nitrogen functional groups attached to an aromatic ring is 1. The number of carbonyl (C=O) groups excluding carboxylic acids is 1. The van der Waals surface area contributed by atoms with E-state index in [-0.39, 0.29) is 11.9 Å². The summed E-state index contributed by atoms with van der Waals surface area (Å²) in [4.78, 5) is 16.1. The van der Waals surface area contributed by atoms with Crippen molar-refractivity contribution in [1.82, 2.24) is 4.90 Å². The van der Waals surface area contributed by atoms with Crippen LogP contribution in [0.1, 0.15) is 25.0 Å². The van der Waals surface area contributed by atoms with Crippen LogP contribution in [0.3, 0.4) is 0 Å². The first kappa shape index (κ1) is 13.7. The van der Waals surface area contributed by atoms with Crippen LogP contribution >= 0.6 is 0 Å². The first-order chi connectivity index (χ1) is 8.90. The number of likely N-dealkylation sites (N-methyl/N-ethyl adjacent to an activating group) is 1. The second-order valence-electron chi connectivity index (χ2n) is 5.61. The SMILES string of the molecule is Cc1cc2c(cc1N)N(CC(=O)N(C)C(C)C)CC2. The smallest absolute Gasteiger partial charge is 0.242 e. The Hall–Kier alpha value is -1.71. The van der Waals surface area contributed by atoms with Crippen LogP contribution in [0.5, 0.6) is 0 Å². The van der Waals surface area contributed by atoms with Gasteiger partial charge in [-0.05, 0) is 44.4 Å². The first-order valence-electron chi connectivity index (χ1n) is 6.79. The van der Waals surface area contributed by atoms with Gasteiger partial charge < -0.3 is 15.5 Å². The number of nitrogens with two attached hydrogens (primary N) is 1. The highest BCUT2D eigenvalue weighted by Gasteiger charge is 2.23. The van der Waals surface area contributed by atoms with Gasteiger partial charge in [-0.2, -0.15) is 0 Å². The molecule has 0 saturated carbocycles. The van der Waals surface area contributed by atoms with E-state index in [4.69, 9.17) is 5.73 Å². The topological polar surface area (TPSA) is 49.6 Å². The van der Waals surface area contributed by atoms with Gasteiger partial charge in [0.05, 0.1) is 6.54 Å². The molecule has 1 amide bonds. The third kappa shape index (κ3) is 2.67. The lowest BCUT2D eigenvalue weighted by Crippen LogP contribution is -2.41. The van der Waals surface area contributed by atoms with Crippen molar-refractivity contribution in [2.75, 3.05) is 30.8 Å². The van der Waals surface area contributed by atoms with E-state index in [9.17, 15) is 4.79 Å². The molecule has 0 unspecified atom stereocenters. The van der Waals surface area contributed by atoms with Gasteiger partial charge in [-0.1, -0.05) is 6.07 Å². The molecule has 0 spiro atoms. The van der Waals surface area contributed by atoms with Gasteiger partial charge in [0.1, 0.15) is 0 Å². The van der Waals surface area contributed by atoms with Gasteiger partial charge in [0.25, 0.3) is 0 Å². The Labute approximate surface area is 115 Å². The van der Waals surface area contributed by atoms with Gasteiger partial charge in [-0.15, -0.1) is 0 Å². The predicted molar refractivity (Wildman–Crippen MR) is 79.4 cm³/mol. The molecule has 0 fully saturated rings. The van der Waals surface area contributed by atoms with Gasteiger partial charge in [-0.25, -0.2) is 0 Å². The summed E-state index contributed by atoms with van der Waals surface area (Å²) in [6.45, 7) is 7.41. The molecule has 2 rings (SSSR count). The number of amides is 1. The predicted octanol–water partition coefficient (Wildman–Crippen LogP) is 1.81. The number of benzene rings is 1. The lowest BCUT2D eigenvalue weighted by molar-refractivity contribution is -0.129. The van der Waals surface area contributed by atoms with E-state index in [1.807, 2.05) is 33.9 Å². The molecule has 0 atom stereocenters. The van der Waals surface area contributed by atoms with E-state index in [2.05, 4.69) is 11.0 Å². The number of aryl methyl sites for hydroxylation is 1. The van der Waals surface area contributed by atoms with E-state index >= 15 is 0 Å². The Morgan fingerprint density at radius 3 is 2.79 bits per heavy atom. The van der Waals surface area contributed by atoms with Crippen LogP contribution in [0.25, 0.3) is 0 Å². The van der Waals surface area contributed by atoms with Crippen LogP contribution in [0.15, 0.2) is 12.1 Å². The quantitative estimate of drug-likeness (QED) is 0.844. The summed E-state index contributed by atoms with van der Waals surface area (Å²) in [5, 5.41) is 0. The summed E-state index contributed by atoms with van der Waals surface area (Å²) >= 11 is 0. The second kappa shape index (κ2) is 5.11. The Morgan fingerprint density at radius 1 is 1.47 bits per heavy atom. The first-order valence-corrected chi connectivity index (χ1v) is 6.79. The highest BCUT2D eigenvalue weighted by atomic mass is 16.2. The summed E-state index contributed by atoms with van der Waals surface area (Å²) in [6, 6.07) is 4.37. The van der Waals surface area contributed by atoms with E-state index in [1.54, 1.807) is 4.90 Å². The monoisotopic (exact) mass is 261 g/mol. The summed E-state index contributed by atoms with van der Waals surface area (Å²) in [5.74, 6) is 0.155. The number of hydrogen-bond acceptors (Lipinski definition) is 3. The van der Waals surface area contributed by atoms with Gasteiger partial charge in [0.15, 0.2) is 0 Å². The molecule has 4 nitrogen and oxygen atoms in total. The zero-order chi connectivity index (χ0) is 14.2. The average Bonchev–Trinajstić information content (AvgIpc) is 2.71. The normalized spacial score (nSPS) is 13.8. The molecule has 0 radical (unpaired) electrons. The molecule has 19 heavy (non-hydrogen) atoms. The van der Waals surface area contributed by atoms with Crippen molar-refractivity contribution in [2.45, 2.75) is 33.2 Å². The fourth-order valence-electron chi connectivity index (χ4n) is 2.37.